The topological polar surface area (TPSA) is 94.6 Å². The second-order valence-electron chi connectivity index (χ2n) is 5.14. The third-order valence-electron chi connectivity index (χ3n) is 3.08. The molecule has 8 nitrogen and oxygen atoms in total. The van der Waals surface area contributed by atoms with Gasteiger partial charge < -0.3 is 9.84 Å². The van der Waals surface area contributed by atoms with Crippen LogP contribution in [0.3, 0.4) is 0 Å². The summed E-state index contributed by atoms with van der Waals surface area (Å²) >= 11 is 0. The molecule has 0 aromatic carbocycles. The first-order valence-electron chi connectivity index (χ1n) is 7.10. The minimum atomic E-state index is 0.236. The van der Waals surface area contributed by atoms with E-state index in [4.69, 9.17) is 4.52 Å². The first-order valence-corrected chi connectivity index (χ1v) is 7.10. The molecule has 0 fully saturated rings. The van der Waals surface area contributed by atoms with Gasteiger partial charge >= 0.3 is 0 Å². The fourth-order valence-corrected chi connectivity index (χ4v) is 1.90. The normalized spacial score (nSPS) is 11.0. The zero-order valence-electron chi connectivity index (χ0n) is 12.5. The van der Waals surface area contributed by atoms with Crippen LogP contribution < -0.4 is 5.32 Å². The van der Waals surface area contributed by atoms with Gasteiger partial charge in [-0.2, -0.15) is 4.98 Å². The predicted octanol–water partition coefficient (Wildman–Crippen LogP) is 1.96. The first-order chi connectivity index (χ1) is 10.7. The van der Waals surface area contributed by atoms with Crippen molar-refractivity contribution in [1.82, 2.24) is 30.1 Å². The van der Waals surface area contributed by atoms with E-state index in [9.17, 15) is 0 Å². The lowest BCUT2D eigenvalue weighted by Crippen LogP contribution is -2.11. The van der Waals surface area contributed by atoms with Crippen LogP contribution in [0.1, 0.15) is 25.6 Å². The highest BCUT2D eigenvalue weighted by molar-refractivity contribution is 5.57. The highest BCUT2D eigenvalue weighted by Gasteiger charge is 2.12. The number of hydrogen-bond acceptors (Lipinski definition) is 7. The van der Waals surface area contributed by atoms with Gasteiger partial charge in [-0.25, -0.2) is 4.98 Å². The smallest absolute Gasteiger partial charge is 0.258 e. The first kappa shape index (κ1) is 14.2. The fourth-order valence-electron chi connectivity index (χ4n) is 1.90. The van der Waals surface area contributed by atoms with E-state index in [0.29, 0.717) is 24.8 Å². The summed E-state index contributed by atoms with van der Waals surface area (Å²) in [7, 11) is 0. The van der Waals surface area contributed by atoms with Crippen molar-refractivity contribution in [2.45, 2.75) is 26.3 Å². The van der Waals surface area contributed by atoms with E-state index in [0.717, 1.165) is 11.4 Å². The molecule has 3 aromatic heterocycles. The van der Waals surface area contributed by atoms with Crippen molar-refractivity contribution >= 4 is 5.82 Å². The van der Waals surface area contributed by atoms with Crippen LogP contribution in [0.5, 0.6) is 0 Å². The molecule has 0 unspecified atom stereocenters. The van der Waals surface area contributed by atoms with Crippen molar-refractivity contribution < 1.29 is 4.52 Å². The minimum absolute atomic E-state index is 0.236. The van der Waals surface area contributed by atoms with Crippen molar-refractivity contribution in [2.24, 2.45) is 0 Å². The molecule has 3 heterocycles. The van der Waals surface area contributed by atoms with E-state index in [1.165, 1.54) is 0 Å². The summed E-state index contributed by atoms with van der Waals surface area (Å²) < 4.78 is 7.05. The van der Waals surface area contributed by atoms with Crippen LogP contribution in [-0.4, -0.2) is 36.7 Å². The molecule has 22 heavy (non-hydrogen) atoms. The second kappa shape index (κ2) is 6.33. The maximum Gasteiger partial charge on any atom is 0.258 e. The highest BCUT2D eigenvalue weighted by atomic mass is 16.5. The Hall–Kier alpha value is -2.77. The van der Waals surface area contributed by atoms with Crippen LogP contribution in [0.15, 0.2) is 35.2 Å². The molecule has 0 bridgehead atoms. The highest BCUT2D eigenvalue weighted by Crippen LogP contribution is 2.21. The van der Waals surface area contributed by atoms with Crippen LogP contribution in [0.4, 0.5) is 5.82 Å². The summed E-state index contributed by atoms with van der Waals surface area (Å²) in [5.74, 6) is 2.19. The van der Waals surface area contributed by atoms with Gasteiger partial charge in [0.15, 0.2) is 5.82 Å². The third-order valence-corrected chi connectivity index (χ3v) is 3.08. The van der Waals surface area contributed by atoms with Crippen molar-refractivity contribution in [1.29, 1.82) is 0 Å². The average Bonchev–Trinajstić information content (AvgIpc) is 3.19. The van der Waals surface area contributed by atoms with Gasteiger partial charge in [-0.15, -0.1) is 5.10 Å². The largest absolute Gasteiger partial charge is 0.368 e. The van der Waals surface area contributed by atoms with E-state index >= 15 is 0 Å². The molecule has 0 aliphatic heterocycles. The number of pyridine rings is 1. The quantitative estimate of drug-likeness (QED) is 0.743. The lowest BCUT2D eigenvalue weighted by atomic mass is 10.2. The van der Waals surface area contributed by atoms with Crippen LogP contribution in [0.25, 0.3) is 11.5 Å². The summed E-state index contributed by atoms with van der Waals surface area (Å²) in [5.41, 5.74) is 0.845. The Morgan fingerprint density at radius 1 is 1.32 bits per heavy atom. The Bertz CT molecular complexity index is 720. The van der Waals surface area contributed by atoms with Crippen LogP contribution in [0, 0.1) is 0 Å². The Kier molecular flexibility index (Phi) is 4.08. The van der Waals surface area contributed by atoms with Gasteiger partial charge in [0.2, 0.25) is 0 Å². The van der Waals surface area contributed by atoms with Gasteiger partial charge in [0.1, 0.15) is 5.82 Å². The number of rotatable bonds is 6. The van der Waals surface area contributed by atoms with Crippen LogP contribution in [0.2, 0.25) is 0 Å². The summed E-state index contributed by atoms with van der Waals surface area (Å²) in [6.45, 7) is 5.46. The van der Waals surface area contributed by atoms with Gasteiger partial charge in [0, 0.05) is 30.4 Å². The van der Waals surface area contributed by atoms with Crippen LogP contribution >= 0.6 is 0 Å². The van der Waals surface area contributed by atoms with Gasteiger partial charge in [-0.05, 0) is 12.1 Å². The Balaban J connectivity index is 1.66. The Morgan fingerprint density at radius 3 is 2.95 bits per heavy atom. The Morgan fingerprint density at radius 2 is 2.23 bits per heavy atom. The Labute approximate surface area is 127 Å². The van der Waals surface area contributed by atoms with Gasteiger partial charge in [-0.1, -0.05) is 24.2 Å². The number of hydrogen-bond donors (Lipinski definition) is 1. The van der Waals surface area contributed by atoms with E-state index < -0.39 is 0 Å². The van der Waals surface area contributed by atoms with Crippen molar-refractivity contribution in [3.05, 3.63) is 36.5 Å². The minimum Gasteiger partial charge on any atom is -0.368 e. The van der Waals surface area contributed by atoms with Crippen molar-refractivity contribution in [3.8, 4) is 11.5 Å². The molecular formula is C14H17N7O. The molecule has 0 radical (unpaired) electrons. The molecule has 0 spiro atoms. The lowest BCUT2D eigenvalue weighted by Gasteiger charge is -2.05. The number of nitrogens with one attached hydrogen (secondary N) is 1. The number of nitrogens with zero attached hydrogens (tertiary/aromatic N) is 6. The lowest BCUT2D eigenvalue weighted by molar-refractivity contribution is 0.419. The number of anilines is 1. The molecule has 0 amide bonds. The third kappa shape index (κ3) is 3.27. The molecule has 8 heteroatoms. The second-order valence-corrected chi connectivity index (χ2v) is 5.14. The summed E-state index contributed by atoms with van der Waals surface area (Å²) in [4.78, 5) is 8.67. The van der Waals surface area contributed by atoms with E-state index in [2.05, 4.69) is 30.8 Å². The molecular weight excluding hydrogens is 282 g/mol. The maximum absolute atomic E-state index is 5.29. The molecule has 3 rings (SSSR count). The van der Waals surface area contributed by atoms with E-state index in [-0.39, 0.29) is 5.92 Å². The molecule has 3 aromatic rings. The molecule has 0 saturated heterocycles. The average molecular weight is 299 g/mol. The van der Waals surface area contributed by atoms with Gasteiger partial charge in [-0.3, -0.25) is 4.68 Å². The molecule has 1 N–H and O–H groups in total. The zero-order chi connectivity index (χ0) is 15.4. The van der Waals surface area contributed by atoms with Crippen molar-refractivity contribution in [2.75, 3.05) is 11.9 Å². The van der Waals surface area contributed by atoms with Crippen molar-refractivity contribution in [3.63, 3.8) is 0 Å². The standard InChI is InChI=1S/C14H17N7O/c1-10(2)13-18-14(22-19-13)11-3-4-15-12(9-11)16-5-7-21-8-6-17-20-21/h3-4,6,8-10H,5,7H2,1-2H3,(H,15,16). The molecule has 0 aliphatic rings. The monoisotopic (exact) mass is 299 g/mol. The maximum atomic E-state index is 5.29. The molecule has 114 valence electrons. The predicted molar refractivity (Wildman–Crippen MR) is 80.1 cm³/mol. The summed E-state index contributed by atoms with van der Waals surface area (Å²) in [6, 6.07) is 3.74. The molecule has 0 aliphatic carbocycles. The van der Waals surface area contributed by atoms with Gasteiger partial charge in [0.05, 0.1) is 12.7 Å². The summed E-state index contributed by atoms with van der Waals surface area (Å²) in [6.07, 6.45) is 5.19. The zero-order valence-corrected chi connectivity index (χ0v) is 12.5. The van der Waals surface area contributed by atoms with E-state index in [1.54, 1.807) is 17.1 Å². The van der Waals surface area contributed by atoms with Gasteiger partial charge in [0.25, 0.3) is 5.89 Å². The SMILES string of the molecule is CC(C)c1noc(-c2ccnc(NCCn3ccnn3)c2)n1. The molecule has 0 saturated carbocycles. The fraction of sp³-hybridized carbons (Fsp3) is 0.357. The number of aromatic nitrogens is 6. The summed E-state index contributed by atoms with van der Waals surface area (Å²) in [5, 5.41) is 14.9. The molecule has 0 atom stereocenters. The van der Waals surface area contributed by atoms with E-state index in [1.807, 2.05) is 32.2 Å². The van der Waals surface area contributed by atoms with Crippen LogP contribution in [-0.2, 0) is 6.54 Å².